The molecule has 9 nitrogen and oxygen atoms in total. The van der Waals surface area contributed by atoms with Crippen LogP contribution in [0.25, 0.3) is 0 Å². The Balaban J connectivity index is 1.99. The van der Waals surface area contributed by atoms with Crippen LogP contribution in [0.3, 0.4) is 0 Å². The Kier molecular flexibility index (Phi) is 6.53. The second-order valence-corrected chi connectivity index (χ2v) is 5.96. The molecule has 156 valence electrons. The predicted octanol–water partition coefficient (Wildman–Crippen LogP) is 3.78. The average Bonchev–Trinajstić information content (AvgIpc) is 2.79. The number of benzene rings is 2. The van der Waals surface area contributed by atoms with E-state index in [9.17, 15) is 4.79 Å². The van der Waals surface area contributed by atoms with Crippen molar-refractivity contribution in [3.05, 3.63) is 54.2 Å². The Bertz CT molecular complexity index is 1040. The van der Waals surface area contributed by atoms with Gasteiger partial charge in [-0.25, -0.2) is 9.78 Å². The van der Waals surface area contributed by atoms with E-state index in [2.05, 4.69) is 20.6 Å². The summed E-state index contributed by atoms with van der Waals surface area (Å²) in [5.74, 6) is 1.72. The van der Waals surface area contributed by atoms with E-state index in [0.717, 1.165) is 0 Å². The predicted molar refractivity (Wildman–Crippen MR) is 112 cm³/mol. The minimum atomic E-state index is -0.575. The Morgan fingerprint density at radius 1 is 0.867 bits per heavy atom. The molecule has 0 fully saturated rings. The summed E-state index contributed by atoms with van der Waals surface area (Å²) >= 11 is 0. The Labute approximate surface area is 174 Å². The second-order valence-electron chi connectivity index (χ2n) is 5.96. The van der Waals surface area contributed by atoms with Crippen molar-refractivity contribution in [2.45, 2.75) is 0 Å². The van der Waals surface area contributed by atoms with Crippen LogP contribution < -0.4 is 24.8 Å². The Morgan fingerprint density at radius 2 is 1.60 bits per heavy atom. The summed E-state index contributed by atoms with van der Waals surface area (Å²) in [5.41, 5.74) is 1.44. The molecule has 0 radical (unpaired) electrons. The van der Waals surface area contributed by atoms with Crippen LogP contribution in [0, 0.1) is 0 Å². The minimum absolute atomic E-state index is 0.168. The van der Waals surface area contributed by atoms with Crippen molar-refractivity contribution in [3.63, 3.8) is 0 Å². The van der Waals surface area contributed by atoms with Gasteiger partial charge in [0, 0.05) is 12.3 Å². The third-order valence-electron chi connectivity index (χ3n) is 4.21. The number of nitrogens with one attached hydrogen (secondary N) is 2. The molecule has 0 unspecified atom stereocenters. The largest absolute Gasteiger partial charge is 0.497 e. The molecule has 0 spiro atoms. The van der Waals surface area contributed by atoms with Crippen LogP contribution in [0.1, 0.15) is 10.4 Å². The van der Waals surface area contributed by atoms with E-state index in [1.807, 2.05) is 24.3 Å². The van der Waals surface area contributed by atoms with Crippen molar-refractivity contribution in [1.29, 1.82) is 0 Å². The molecule has 0 aliphatic heterocycles. The summed E-state index contributed by atoms with van der Waals surface area (Å²) in [5, 5.41) is 6.20. The lowest BCUT2D eigenvalue weighted by atomic mass is 10.2. The van der Waals surface area contributed by atoms with E-state index in [4.69, 9.17) is 18.9 Å². The number of methoxy groups -OCH3 is 4. The number of aromatic nitrogens is 2. The maximum absolute atomic E-state index is 12.2. The molecule has 2 N–H and O–H groups in total. The highest BCUT2D eigenvalue weighted by molar-refractivity contribution is 5.95. The fraction of sp³-hybridized carbons (Fsp3) is 0.190. The lowest BCUT2D eigenvalue weighted by Crippen LogP contribution is -2.11. The highest BCUT2D eigenvalue weighted by Gasteiger charge is 2.18. The number of para-hydroxylation sites is 2. The molecule has 3 aromatic rings. The number of carbonyl (C=O) groups excluding carboxylic acids is 1. The maximum atomic E-state index is 12.2. The van der Waals surface area contributed by atoms with Crippen LogP contribution in [0.5, 0.6) is 17.2 Å². The van der Waals surface area contributed by atoms with Crippen LogP contribution in [0.15, 0.2) is 48.7 Å². The molecule has 1 aromatic heterocycles. The van der Waals surface area contributed by atoms with E-state index in [1.165, 1.54) is 20.4 Å². The average molecular weight is 410 g/mol. The number of rotatable bonds is 8. The SMILES string of the molecule is COC(=O)c1cnc(Nc2ccccc2OC)nc1Nc1ccc(OC)cc1OC. The van der Waals surface area contributed by atoms with E-state index < -0.39 is 5.97 Å². The first-order valence-corrected chi connectivity index (χ1v) is 8.94. The van der Waals surface area contributed by atoms with Crippen LogP contribution in [0.2, 0.25) is 0 Å². The van der Waals surface area contributed by atoms with Gasteiger partial charge in [0.25, 0.3) is 0 Å². The molecule has 0 aliphatic rings. The topological polar surface area (TPSA) is 104 Å². The van der Waals surface area contributed by atoms with Gasteiger partial charge in [0.2, 0.25) is 5.95 Å². The van der Waals surface area contributed by atoms with Gasteiger partial charge in [0.05, 0.1) is 39.8 Å². The van der Waals surface area contributed by atoms with E-state index >= 15 is 0 Å². The first-order chi connectivity index (χ1) is 14.6. The number of anilines is 4. The van der Waals surface area contributed by atoms with Gasteiger partial charge in [-0.2, -0.15) is 4.98 Å². The number of hydrogen-bond acceptors (Lipinski definition) is 9. The van der Waals surface area contributed by atoms with Gasteiger partial charge in [-0.1, -0.05) is 12.1 Å². The van der Waals surface area contributed by atoms with Gasteiger partial charge in [0.1, 0.15) is 22.8 Å². The zero-order valence-corrected chi connectivity index (χ0v) is 17.1. The van der Waals surface area contributed by atoms with Gasteiger partial charge in [-0.15, -0.1) is 0 Å². The molecule has 0 atom stereocenters. The van der Waals surface area contributed by atoms with Crippen molar-refractivity contribution in [2.75, 3.05) is 39.1 Å². The van der Waals surface area contributed by atoms with E-state index in [0.29, 0.717) is 28.6 Å². The first kappa shape index (κ1) is 20.7. The smallest absolute Gasteiger partial charge is 0.343 e. The molecule has 30 heavy (non-hydrogen) atoms. The van der Waals surface area contributed by atoms with Crippen molar-refractivity contribution in [3.8, 4) is 17.2 Å². The van der Waals surface area contributed by atoms with Crippen LogP contribution in [0.4, 0.5) is 23.1 Å². The molecular formula is C21H22N4O5. The summed E-state index contributed by atoms with van der Waals surface area (Å²) in [6, 6.07) is 12.6. The summed E-state index contributed by atoms with van der Waals surface area (Å²) < 4.78 is 20.8. The molecule has 9 heteroatoms. The highest BCUT2D eigenvalue weighted by atomic mass is 16.5. The van der Waals surface area contributed by atoms with Crippen molar-refractivity contribution < 1.29 is 23.7 Å². The first-order valence-electron chi connectivity index (χ1n) is 8.94. The van der Waals surface area contributed by atoms with Gasteiger partial charge in [-0.3, -0.25) is 0 Å². The molecule has 0 saturated heterocycles. The van der Waals surface area contributed by atoms with Crippen molar-refractivity contribution in [1.82, 2.24) is 9.97 Å². The van der Waals surface area contributed by atoms with E-state index in [1.54, 1.807) is 32.4 Å². The molecule has 1 heterocycles. The normalized spacial score (nSPS) is 10.1. The van der Waals surface area contributed by atoms with Crippen LogP contribution >= 0.6 is 0 Å². The second kappa shape index (κ2) is 9.46. The number of hydrogen-bond donors (Lipinski definition) is 2. The van der Waals surface area contributed by atoms with E-state index in [-0.39, 0.29) is 17.3 Å². The molecular weight excluding hydrogens is 388 g/mol. The van der Waals surface area contributed by atoms with Gasteiger partial charge in [0.15, 0.2) is 5.82 Å². The number of esters is 1. The van der Waals surface area contributed by atoms with Crippen LogP contribution in [-0.2, 0) is 4.74 Å². The van der Waals surface area contributed by atoms with Gasteiger partial charge >= 0.3 is 5.97 Å². The highest BCUT2D eigenvalue weighted by Crippen LogP contribution is 2.33. The lowest BCUT2D eigenvalue weighted by molar-refractivity contribution is 0.0601. The molecule has 0 bridgehead atoms. The summed E-state index contributed by atoms with van der Waals surface area (Å²) in [6.07, 6.45) is 1.38. The molecule has 3 rings (SSSR count). The van der Waals surface area contributed by atoms with Crippen LogP contribution in [-0.4, -0.2) is 44.4 Å². The summed E-state index contributed by atoms with van der Waals surface area (Å²) in [6.45, 7) is 0. The number of ether oxygens (including phenoxy) is 4. The van der Waals surface area contributed by atoms with Gasteiger partial charge in [-0.05, 0) is 24.3 Å². The van der Waals surface area contributed by atoms with Gasteiger partial charge < -0.3 is 29.6 Å². The zero-order chi connectivity index (χ0) is 21.5. The number of carbonyl (C=O) groups is 1. The summed E-state index contributed by atoms with van der Waals surface area (Å²) in [4.78, 5) is 20.9. The fourth-order valence-corrected chi connectivity index (χ4v) is 2.69. The monoisotopic (exact) mass is 410 g/mol. The zero-order valence-electron chi connectivity index (χ0n) is 17.1. The molecule has 0 aliphatic carbocycles. The third-order valence-corrected chi connectivity index (χ3v) is 4.21. The fourth-order valence-electron chi connectivity index (χ4n) is 2.69. The lowest BCUT2D eigenvalue weighted by Gasteiger charge is -2.15. The summed E-state index contributed by atoms with van der Waals surface area (Å²) in [7, 11) is 5.97. The third kappa shape index (κ3) is 4.52. The standard InChI is InChI=1S/C21H22N4O5/c1-27-13-9-10-16(18(11-13)29-3)23-19-14(20(26)30-4)12-22-21(25-19)24-15-7-5-6-8-17(15)28-2/h5-12H,1-4H3,(H2,22,23,24,25). The minimum Gasteiger partial charge on any atom is -0.497 e. The Hall–Kier alpha value is -4.01. The van der Waals surface area contributed by atoms with Crippen molar-refractivity contribution >= 4 is 29.1 Å². The number of nitrogens with zero attached hydrogens (tertiary/aromatic N) is 2. The maximum Gasteiger partial charge on any atom is 0.343 e. The quantitative estimate of drug-likeness (QED) is 0.537. The molecule has 0 amide bonds. The molecule has 2 aromatic carbocycles. The molecule has 0 saturated carbocycles. The Morgan fingerprint density at radius 3 is 2.30 bits per heavy atom. The van der Waals surface area contributed by atoms with Crippen molar-refractivity contribution in [2.24, 2.45) is 0 Å².